The van der Waals surface area contributed by atoms with Crippen LogP contribution in [0.3, 0.4) is 0 Å². The molecule has 1 heterocycles. The fourth-order valence-electron chi connectivity index (χ4n) is 3.18. The molecule has 0 spiro atoms. The van der Waals surface area contributed by atoms with E-state index in [9.17, 15) is 13.2 Å². The van der Waals surface area contributed by atoms with Gasteiger partial charge in [-0.1, -0.05) is 36.4 Å². The Morgan fingerprint density at radius 2 is 1.62 bits per heavy atom. The quantitative estimate of drug-likeness (QED) is 0.532. The van der Waals surface area contributed by atoms with Crippen molar-refractivity contribution in [3.05, 3.63) is 83.0 Å². The molecular weight excluding hydrogens is 406 g/mol. The maximum atomic E-state index is 13.4. The first kappa shape index (κ1) is 19.3. The van der Waals surface area contributed by atoms with Crippen LogP contribution in [-0.2, 0) is 10.0 Å². The average molecular weight is 424 g/mol. The van der Waals surface area contributed by atoms with E-state index < -0.39 is 10.0 Å². The van der Waals surface area contributed by atoms with Crippen molar-refractivity contribution in [2.24, 2.45) is 5.14 Å². The molecule has 0 fully saturated rings. The largest absolute Gasteiger partial charge is 0.497 e. The molecule has 0 unspecified atom stereocenters. The fourth-order valence-corrected chi connectivity index (χ4v) is 4.90. The number of rotatable bonds is 4. The summed E-state index contributed by atoms with van der Waals surface area (Å²) in [5, 5.41) is 5.85. The Kier molecular flexibility index (Phi) is 4.96. The topological polar surface area (TPSA) is 86.5 Å². The summed E-state index contributed by atoms with van der Waals surface area (Å²) < 4.78 is 29.3. The molecule has 0 aliphatic rings. The molecule has 0 saturated carbocycles. The third kappa shape index (κ3) is 3.67. The third-order valence-corrected chi connectivity index (χ3v) is 6.75. The molecule has 4 rings (SSSR count). The minimum atomic E-state index is -3.79. The SMILES string of the molecule is COc1cccc(-c2c(-c3ccc(S(N)(=O)=O)cc3)sc3ccccc3c2=O)c1. The van der Waals surface area contributed by atoms with Gasteiger partial charge in [-0.25, -0.2) is 13.6 Å². The zero-order chi connectivity index (χ0) is 20.6. The molecule has 2 N–H and O–H groups in total. The lowest BCUT2D eigenvalue weighted by Crippen LogP contribution is -2.11. The van der Waals surface area contributed by atoms with Crippen LogP contribution in [0.1, 0.15) is 0 Å². The predicted octanol–water partition coefficient (Wildman–Crippen LogP) is 4.25. The van der Waals surface area contributed by atoms with E-state index in [1.165, 1.54) is 23.5 Å². The van der Waals surface area contributed by atoms with E-state index in [0.717, 1.165) is 20.7 Å². The van der Waals surface area contributed by atoms with Gasteiger partial charge in [-0.15, -0.1) is 11.3 Å². The standard InChI is InChI=1S/C22H17NO4S2/c1-27-16-6-4-5-15(13-16)20-21(24)18-7-2-3-8-19(18)28-22(20)14-9-11-17(12-10-14)29(23,25)26/h2-13H,1H3,(H2,23,25,26). The molecule has 1 aromatic heterocycles. The van der Waals surface area contributed by atoms with Crippen LogP contribution in [0, 0.1) is 0 Å². The van der Waals surface area contributed by atoms with E-state index in [1.807, 2.05) is 48.5 Å². The highest BCUT2D eigenvalue weighted by atomic mass is 32.2. The van der Waals surface area contributed by atoms with Crippen LogP contribution >= 0.6 is 11.3 Å². The zero-order valence-corrected chi connectivity index (χ0v) is 17.1. The normalized spacial score (nSPS) is 11.5. The van der Waals surface area contributed by atoms with Gasteiger partial charge in [-0.05, 0) is 47.5 Å². The van der Waals surface area contributed by atoms with Gasteiger partial charge in [0, 0.05) is 20.5 Å². The van der Waals surface area contributed by atoms with E-state index in [1.54, 1.807) is 19.2 Å². The van der Waals surface area contributed by atoms with Crippen molar-refractivity contribution in [2.75, 3.05) is 7.11 Å². The summed E-state index contributed by atoms with van der Waals surface area (Å²) >= 11 is 1.48. The maximum absolute atomic E-state index is 13.4. The van der Waals surface area contributed by atoms with Crippen LogP contribution in [0.4, 0.5) is 0 Å². The Morgan fingerprint density at radius 3 is 2.31 bits per heavy atom. The molecule has 7 heteroatoms. The minimum Gasteiger partial charge on any atom is -0.497 e. The van der Waals surface area contributed by atoms with Crippen molar-refractivity contribution in [1.82, 2.24) is 0 Å². The number of methoxy groups -OCH3 is 1. The molecule has 0 bridgehead atoms. The lowest BCUT2D eigenvalue weighted by Gasteiger charge is -2.12. The van der Waals surface area contributed by atoms with Gasteiger partial charge in [0.15, 0.2) is 5.43 Å². The van der Waals surface area contributed by atoms with Crippen molar-refractivity contribution in [3.8, 4) is 27.3 Å². The number of ether oxygens (including phenoxy) is 1. The highest BCUT2D eigenvalue weighted by Gasteiger charge is 2.17. The molecule has 146 valence electrons. The van der Waals surface area contributed by atoms with E-state index in [2.05, 4.69) is 0 Å². The van der Waals surface area contributed by atoms with Gasteiger partial charge in [-0.3, -0.25) is 4.79 Å². The summed E-state index contributed by atoms with van der Waals surface area (Å²) in [6.45, 7) is 0. The summed E-state index contributed by atoms with van der Waals surface area (Å²) in [5.41, 5.74) is 1.94. The first-order valence-electron chi connectivity index (χ1n) is 8.72. The molecular formula is C22H17NO4S2. The summed E-state index contributed by atoms with van der Waals surface area (Å²) in [6.07, 6.45) is 0. The number of hydrogen-bond donors (Lipinski definition) is 1. The van der Waals surface area contributed by atoms with Gasteiger partial charge >= 0.3 is 0 Å². The average Bonchev–Trinajstić information content (AvgIpc) is 2.73. The Bertz CT molecular complexity index is 1370. The van der Waals surface area contributed by atoms with Crippen molar-refractivity contribution in [3.63, 3.8) is 0 Å². The number of primary sulfonamides is 1. The van der Waals surface area contributed by atoms with Crippen molar-refractivity contribution in [1.29, 1.82) is 0 Å². The summed E-state index contributed by atoms with van der Waals surface area (Å²) in [7, 11) is -2.21. The Labute approximate surface area is 172 Å². The summed E-state index contributed by atoms with van der Waals surface area (Å²) in [6, 6.07) is 21.0. The van der Waals surface area contributed by atoms with E-state index in [-0.39, 0.29) is 10.3 Å². The molecule has 0 radical (unpaired) electrons. The zero-order valence-electron chi connectivity index (χ0n) is 15.5. The van der Waals surface area contributed by atoms with Gasteiger partial charge in [-0.2, -0.15) is 0 Å². The molecule has 0 aliphatic carbocycles. The Balaban J connectivity index is 2.03. The molecule has 0 aliphatic heterocycles. The summed E-state index contributed by atoms with van der Waals surface area (Å²) in [5.74, 6) is 0.649. The monoisotopic (exact) mass is 423 g/mol. The second-order valence-corrected chi connectivity index (χ2v) is 9.05. The molecule has 3 aromatic carbocycles. The van der Waals surface area contributed by atoms with Crippen LogP contribution in [0.25, 0.3) is 31.7 Å². The Hall–Kier alpha value is -3.00. The highest BCUT2D eigenvalue weighted by molar-refractivity contribution is 7.89. The predicted molar refractivity (Wildman–Crippen MR) is 117 cm³/mol. The van der Waals surface area contributed by atoms with E-state index in [0.29, 0.717) is 16.7 Å². The fraction of sp³-hybridized carbons (Fsp3) is 0.0455. The van der Waals surface area contributed by atoms with Crippen LogP contribution in [0.5, 0.6) is 5.75 Å². The molecule has 29 heavy (non-hydrogen) atoms. The lowest BCUT2D eigenvalue weighted by atomic mass is 10.00. The van der Waals surface area contributed by atoms with Crippen LogP contribution in [0.15, 0.2) is 82.5 Å². The highest BCUT2D eigenvalue weighted by Crippen LogP contribution is 2.37. The van der Waals surface area contributed by atoms with Gasteiger partial charge < -0.3 is 4.74 Å². The first-order valence-corrected chi connectivity index (χ1v) is 11.1. The van der Waals surface area contributed by atoms with Crippen LogP contribution in [-0.4, -0.2) is 15.5 Å². The number of nitrogens with two attached hydrogens (primary N) is 1. The maximum Gasteiger partial charge on any atom is 0.238 e. The molecule has 4 aromatic rings. The van der Waals surface area contributed by atoms with Crippen LogP contribution in [0.2, 0.25) is 0 Å². The van der Waals surface area contributed by atoms with E-state index in [4.69, 9.17) is 9.88 Å². The molecule has 0 saturated heterocycles. The minimum absolute atomic E-state index is 0.0253. The van der Waals surface area contributed by atoms with Crippen LogP contribution < -0.4 is 15.3 Å². The van der Waals surface area contributed by atoms with Gasteiger partial charge in [0.05, 0.1) is 12.0 Å². The number of hydrogen-bond acceptors (Lipinski definition) is 5. The smallest absolute Gasteiger partial charge is 0.238 e. The van der Waals surface area contributed by atoms with Crippen molar-refractivity contribution in [2.45, 2.75) is 4.90 Å². The molecule has 0 atom stereocenters. The van der Waals surface area contributed by atoms with Gasteiger partial charge in [0.1, 0.15) is 5.75 Å². The third-order valence-electron chi connectivity index (χ3n) is 4.60. The summed E-state index contributed by atoms with van der Waals surface area (Å²) in [4.78, 5) is 14.2. The van der Waals surface area contributed by atoms with Gasteiger partial charge in [0.25, 0.3) is 0 Å². The Morgan fingerprint density at radius 1 is 0.897 bits per heavy atom. The lowest BCUT2D eigenvalue weighted by molar-refractivity contribution is 0.415. The number of sulfonamides is 1. The number of fused-ring (bicyclic) bond motifs is 1. The molecule has 5 nitrogen and oxygen atoms in total. The number of benzene rings is 3. The van der Waals surface area contributed by atoms with E-state index >= 15 is 0 Å². The van der Waals surface area contributed by atoms with Crippen molar-refractivity contribution < 1.29 is 13.2 Å². The molecule has 0 amide bonds. The first-order chi connectivity index (χ1) is 13.9. The second kappa shape index (κ2) is 7.44. The van der Waals surface area contributed by atoms with Gasteiger partial charge in [0.2, 0.25) is 10.0 Å². The van der Waals surface area contributed by atoms with Crippen molar-refractivity contribution >= 4 is 31.4 Å². The second-order valence-electron chi connectivity index (χ2n) is 6.43.